The number of rotatable bonds is 4. The van der Waals surface area contributed by atoms with Gasteiger partial charge >= 0.3 is 0 Å². The molecule has 1 atom stereocenters. The zero-order valence-corrected chi connectivity index (χ0v) is 14.3. The third kappa shape index (κ3) is 3.05. The standard InChI is InChI=1S/C15H19N3O2S2/c1-9(13(19)16-10-5-3-4-6-10)22-15-17-11-7-8-21-12(11)14(20)18(15)2/h7-10H,3-6H2,1-2H3,(H,16,19)/t9-/m0/s1. The molecule has 1 aliphatic rings. The highest BCUT2D eigenvalue weighted by atomic mass is 32.2. The largest absolute Gasteiger partial charge is 0.352 e. The Morgan fingerprint density at radius 1 is 1.50 bits per heavy atom. The molecule has 1 saturated carbocycles. The van der Waals surface area contributed by atoms with E-state index < -0.39 is 0 Å². The first kappa shape index (κ1) is 15.6. The van der Waals surface area contributed by atoms with E-state index >= 15 is 0 Å². The van der Waals surface area contributed by atoms with Crippen LogP contribution >= 0.6 is 23.1 Å². The number of fused-ring (bicyclic) bond motifs is 1. The van der Waals surface area contributed by atoms with Crippen LogP contribution in [0.3, 0.4) is 0 Å². The van der Waals surface area contributed by atoms with Crippen molar-refractivity contribution in [3.8, 4) is 0 Å². The Bertz CT molecular complexity index is 747. The summed E-state index contributed by atoms with van der Waals surface area (Å²) in [5.74, 6) is 0.0246. The number of carbonyl (C=O) groups is 1. The summed E-state index contributed by atoms with van der Waals surface area (Å²) < 4.78 is 2.19. The van der Waals surface area contributed by atoms with E-state index in [1.54, 1.807) is 7.05 Å². The van der Waals surface area contributed by atoms with E-state index in [0.717, 1.165) is 12.8 Å². The maximum Gasteiger partial charge on any atom is 0.271 e. The van der Waals surface area contributed by atoms with Gasteiger partial charge in [0.2, 0.25) is 5.91 Å². The minimum atomic E-state index is -0.269. The number of nitrogens with one attached hydrogen (secondary N) is 1. The summed E-state index contributed by atoms with van der Waals surface area (Å²) in [6, 6.07) is 2.15. The van der Waals surface area contributed by atoms with Crippen molar-refractivity contribution in [3.63, 3.8) is 0 Å². The van der Waals surface area contributed by atoms with Crippen molar-refractivity contribution < 1.29 is 4.79 Å². The fourth-order valence-corrected chi connectivity index (χ4v) is 4.36. The van der Waals surface area contributed by atoms with E-state index in [4.69, 9.17) is 0 Å². The Morgan fingerprint density at radius 3 is 2.95 bits per heavy atom. The minimum absolute atomic E-state index is 0.0246. The number of thiophene rings is 1. The van der Waals surface area contributed by atoms with E-state index in [-0.39, 0.29) is 16.7 Å². The number of amides is 1. The molecule has 1 aliphatic carbocycles. The van der Waals surface area contributed by atoms with Crippen LogP contribution in [-0.2, 0) is 11.8 Å². The fourth-order valence-electron chi connectivity index (χ4n) is 2.67. The van der Waals surface area contributed by atoms with Gasteiger partial charge in [-0.25, -0.2) is 4.98 Å². The molecule has 7 heteroatoms. The van der Waals surface area contributed by atoms with Crippen LogP contribution in [0, 0.1) is 0 Å². The third-order valence-electron chi connectivity index (χ3n) is 4.00. The van der Waals surface area contributed by atoms with Crippen LogP contribution in [0.25, 0.3) is 10.2 Å². The van der Waals surface area contributed by atoms with Crippen molar-refractivity contribution in [1.29, 1.82) is 0 Å². The SMILES string of the molecule is C[C@H](Sc1nc2ccsc2c(=O)n1C)C(=O)NC1CCCC1. The average molecular weight is 337 g/mol. The Labute approximate surface area is 137 Å². The van der Waals surface area contributed by atoms with Crippen LogP contribution in [0.15, 0.2) is 21.4 Å². The highest BCUT2D eigenvalue weighted by molar-refractivity contribution is 8.00. The number of hydrogen-bond acceptors (Lipinski definition) is 5. The van der Waals surface area contributed by atoms with Gasteiger partial charge in [-0.15, -0.1) is 11.3 Å². The maximum atomic E-state index is 12.3. The molecule has 0 aliphatic heterocycles. The van der Waals surface area contributed by atoms with Crippen LogP contribution in [0.2, 0.25) is 0 Å². The molecule has 0 bridgehead atoms. The van der Waals surface area contributed by atoms with E-state index in [2.05, 4.69) is 10.3 Å². The second-order valence-corrected chi connectivity index (χ2v) is 7.87. The maximum absolute atomic E-state index is 12.3. The zero-order valence-electron chi connectivity index (χ0n) is 12.7. The lowest BCUT2D eigenvalue weighted by Crippen LogP contribution is -2.38. The van der Waals surface area contributed by atoms with Crippen molar-refractivity contribution in [1.82, 2.24) is 14.9 Å². The summed E-state index contributed by atoms with van der Waals surface area (Å²) in [4.78, 5) is 29.0. The normalized spacial score (nSPS) is 17.0. The Hall–Kier alpha value is -1.34. The van der Waals surface area contributed by atoms with Crippen LogP contribution in [0.1, 0.15) is 32.6 Å². The van der Waals surface area contributed by atoms with Gasteiger partial charge < -0.3 is 5.32 Å². The molecular weight excluding hydrogens is 318 g/mol. The quantitative estimate of drug-likeness (QED) is 0.688. The summed E-state index contributed by atoms with van der Waals surface area (Å²) in [6.07, 6.45) is 4.52. The monoisotopic (exact) mass is 337 g/mol. The number of aromatic nitrogens is 2. The molecule has 0 aromatic carbocycles. The van der Waals surface area contributed by atoms with Gasteiger partial charge in [-0.05, 0) is 31.2 Å². The van der Waals surface area contributed by atoms with Crippen LogP contribution in [0.4, 0.5) is 0 Å². The molecule has 118 valence electrons. The van der Waals surface area contributed by atoms with Gasteiger partial charge in [0, 0.05) is 13.1 Å². The average Bonchev–Trinajstić information content (AvgIpc) is 3.15. The first-order chi connectivity index (χ1) is 10.6. The summed E-state index contributed by atoms with van der Waals surface area (Å²) in [7, 11) is 1.71. The van der Waals surface area contributed by atoms with Gasteiger partial charge in [0.25, 0.3) is 5.56 Å². The first-order valence-electron chi connectivity index (χ1n) is 7.47. The molecule has 0 saturated heterocycles. The molecule has 1 fully saturated rings. The van der Waals surface area contributed by atoms with E-state index in [1.807, 2.05) is 18.4 Å². The first-order valence-corrected chi connectivity index (χ1v) is 9.23. The lowest BCUT2D eigenvalue weighted by Gasteiger charge is -2.16. The smallest absolute Gasteiger partial charge is 0.271 e. The van der Waals surface area contributed by atoms with Crippen molar-refractivity contribution in [2.24, 2.45) is 7.05 Å². The van der Waals surface area contributed by atoms with Gasteiger partial charge in [0.15, 0.2) is 5.16 Å². The van der Waals surface area contributed by atoms with Gasteiger partial charge in [0.05, 0.1) is 10.8 Å². The molecule has 0 unspecified atom stereocenters. The fraction of sp³-hybridized carbons (Fsp3) is 0.533. The Balaban J connectivity index is 1.75. The number of nitrogens with zero attached hydrogens (tertiary/aromatic N) is 2. The van der Waals surface area contributed by atoms with Crippen molar-refractivity contribution in [3.05, 3.63) is 21.8 Å². The molecular formula is C15H19N3O2S2. The van der Waals surface area contributed by atoms with Crippen molar-refractivity contribution in [2.75, 3.05) is 0 Å². The molecule has 1 N–H and O–H groups in total. The second kappa shape index (κ2) is 6.42. The predicted molar refractivity (Wildman–Crippen MR) is 90.6 cm³/mol. The molecule has 0 radical (unpaired) electrons. The van der Waals surface area contributed by atoms with E-state index in [9.17, 15) is 9.59 Å². The summed E-state index contributed by atoms with van der Waals surface area (Å²) in [6.45, 7) is 1.86. The third-order valence-corrected chi connectivity index (χ3v) is 6.03. The van der Waals surface area contributed by atoms with E-state index in [0.29, 0.717) is 21.4 Å². The van der Waals surface area contributed by atoms with Crippen molar-refractivity contribution in [2.45, 2.75) is 49.1 Å². The van der Waals surface area contributed by atoms with Crippen LogP contribution < -0.4 is 10.9 Å². The van der Waals surface area contributed by atoms with Crippen molar-refractivity contribution >= 4 is 39.2 Å². The van der Waals surface area contributed by atoms with Gasteiger partial charge in [-0.3, -0.25) is 14.2 Å². The Morgan fingerprint density at radius 2 is 2.23 bits per heavy atom. The second-order valence-electron chi connectivity index (χ2n) is 5.64. The van der Waals surface area contributed by atoms with Crippen LogP contribution in [-0.4, -0.2) is 26.8 Å². The number of hydrogen-bond donors (Lipinski definition) is 1. The minimum Gasteiger partial charge on any atom is -0.352 e. The van der Waals surface area contributed by atoms with Crippen LogP contribution in [0.5, 0.6) is 0 Å². The molecule has 2 aromatic rings. The lowest BCUT2D eigenvalue weighted by molar-refractivity contribution is -0.120. The topological polar surface area (TPSA) is 64.0 Å². The molecule has 2 aromatic heterocycles. The summed E-state index contributed by atoms with van der Waals surface area (Å²) in [5, 5.41) is 5.28. The molecule has 5 nitrogen and oxygen atoms in total. The molecule has 1 amide bonds. The number of thioether (sulfide) groups is 1. The highest BCUT2D eigenvalue weighted by Crippen LogP contribution is 2.24. The highest BCUT2D eigenvalue weighted by Gasteiger charge is 2.22. The lowest BCUT2D eigenvalue weighted by atomic mass is 10.2. The molecule has 3 rings (SSSR count). The molecule has 22 heavy (non-hydrogen) atoms. The summed E-state index contributed by atoms with van der Waals surface area (Å²) in [5.41, 5.74) is 0.657. The zero-order chi connectivity index (χ0) is 15.7. The van der Waals surface area contributed by atoms with Gasteiger partial charge in [-0.2, -0.15) is 0 Å². The number of carbonyl (C=O) groups excluding carboxylic acids is 1. The molecule has 0 spiro atoms. The van der Waals surface area contributed by atoms with Gasteiger partial charge in [0.1, 0.15) is 4.70 Å². The van der Waals surface area contributed by atoms with Gasteiger partial charge in [-0.1, -0.05) is 24.6 Å². The predicted octanol–water partition coefficient (Wildman–Crippen LogP) is 2.53. The van der Waals surface area contributed by atoms with E-state index in [1.165, 1.54) is 40.5 Å². The molecule has 2 heterocycles. The summed E-state index contributed by atoms with van der Waals surface area (Å²) >= 11 is 2.74. The Kier molecular flexibility index (Phi) is 4.54.